The Kier molecular flexibility index (Phi) is 58.0. The van der Waals surface area contributed by atoms with Gasteiger partial charge in [-0.25, -0.2) is 0 Å². The number of esters is 1. The van der Waals surface area contributed by atoms with E-state index in [0.29, 0.717) is 19.4 Å². The van der Waals surface area contributed by atoms with Gasteiger partial charge in [0.05, 0.1) is 25.4 Å². The number of aliphatic hydroxyl groups excluding tert-OH is 2. The van der Waals surface area contributed by atoms with Crippen LogP contribution in [0, 0.1) is 0 Å². The molecule has 0 aromatic carbocycles. The average Bonchev–Trinajstić information content (AvgIpc) is 3.36. The predicted octanol–water partition coefficient (Wildman–Crippen LogP) is 19.6. The first kappa shape index (κ1) is 68.1. The minimum absolute atomic E-state index is 0.0377. The third-order valence-corrected chi connectivity index (χ3v) is 14.4. The number of carbonyl (C=O) groups excluding carboxylic acids is 2. The summed E-state index contributed by atoms with van der Waals surface area (Å²) in [6, 6.07) is -0.667. The number of ether oxygens (including phenoxy) is 1. The summed E-state index contributed by atoms with van der Waals surface area (Å²) in [5.74, 6) is -0.163. The van der Waals surface area contributed by atoms with Gasteiger partial charge in [0.25, 0.3) is 0 Å². The Hall–Kier alpha value is -1.92. The van der Waals surface area contributed by atoms with Crippen molar-refractivity contribution in [3.8, 4) is 0 Å². The molecular weight excluding hydrogens is 863 g/mol. The summed E-state index contributed by atoms with van der Waals surface area (Å²) in [7, 11) is 0. The fraction of sp³-hybridized carbons (Fsp3) is 0.875. The number of carbonyl (C=O) groups is 2. The fourth-order valence-electron chi connectivity index (χ4n) is 9.57. The summed E-state index contributed by atoms with van der Waals surface area (Å²) in [5, 5.41) is 23.2. The maximum absolute atomic E-state index is 12.5. The average molecular weight is 985 g/mol. The van der Waals surface area contributed by atoms with E-state index in [1.54, 1.807) is 6.08 Å². The third-order valence-electron chi connectivity index (χ3n) is 14.4. The smallest absolute Gasteiger partial charge is 0.305 e. The molecule has 0 spiro atoms. The van der Waals surface area contributed by atoms with Crippen LogP contribution in [-0.4, -0.2) is 47.4 Å². The Morgan fingerprint density at radius 3 is 1.04 bits per heavy atom. The van der Waals surface area contributed by atoms with Crippen molar-refractivity contribution in [2.24, 2.45) is 0 Å². The van der Waals surface area contributed by atoms with Crippen LogP contribution in [-0.2, 0) is 14.3 Å². The fourth-order valence-corrected chi connectivity index (χ4v) is 9.57. The molecule has 1 amide bonds. The van der Waals surface area contributed by atoms with Gasteiger partial charge in [-0.3, -0.25) is 9.59 Å². The van der Waals surface area contributed by atoms with Crippen LogP contribution in [0.5, 0.6) is 0 Å². The van der Waals surface area contributed by atoms with Crippen LogP contribution in [0.3, 0.4) is 0 Å². The molecule has 0 aromatic rings. The van der Waals surface area contributed by atoms with E-state index in [9.17, 15) is 19.8 Å². The van der Waals surface area contributed by atoms with Gasteiger partial charge in [0.15, 0.2) is 0 Å². The van der Waals surface area contributed by atoms with Gasteiger partial charge in [-0.2, -0.15) is 0 Å². The summed E-state index contributed by atoms with van der Waals surface area (Å²) >= 11 is 0. The van der Waals surface area contributed by atoms with Gasteiger partial charge < -0.3 is 20.3 Å². The molecule has 0 radical (unpaired) electrons. The van der Waals surface area contributed by atoms with Gasteiger partial charge >= 0.3 is 5.97 Å². The number of amides is 1. The standard InChI is InChI=1S/C64H121NO5/c1-3-5-7-9-11-13-15-17-19-21-23-24-25-26-27-28-30-31-33-35-37-40-44-48-52-56-62(67)61(60-66)65-63(68)57-53-49-45-41-39-43-47-51-55-59-70-64(69)58-54-50-46-42-38-36-34-32-29-22-20-18-16-14-12-10-8-6-4-2/h18,20,41,45,52,56,61-62,66-67H,3-17,19,21-40,42-44,46-51,53-55,57-60H2,1-2H3,(H,65,68)/b20-18-,45-41-,56-52+. The minimum atomic E-state index is -0.877. The zero-order chi connectivity index (χ0) is 50.7. The molecule has 0 aliphatic carbocycles. The first-order valence-corrected chi connectivity index (χ1v) is 31.3. The van der Waals surface area contributed by atoms with Gasteiger partial charge in [0, 0.05) is 12.8 Å². The molecule has 0 fully saturated rings. The number of aliphatic hydroxyl groups is 2. The van der Waals surface area contributed by atoms with Gasteiger partial charge in [0.1, 0.15) is 0 Å². The zero-order valence-electron chi connectivity index (χ0n) is 47.0. The second-order valence-corrected chi connectivity index (χ2v) is 21.4. The minimum Gasteiger partial charge on any atom is -0.466 e. The molecule has 0 heterocycles. The Morgan fingerprint density at radius 2 is 0.686 bits per heavy atom. The van der Waals surface area contributed by atoms with E-state index in [-0.39, 0.29) is 18.5 Å². The zero-order valence-corrected chi connectivity index (χ0v) is 47.0. The second kappa shape index (κ2) is 59.6. The lowest BCUT2D eigenvalue weighted by Gasteiger charge is -2.19. The van der Waals surface area contributed by atoms with Crippen molar-refractivity contribution in [3.05, 3.63) is 36.5 Å². The first-order valence-electron chi connectivity index (χ1n) is 31.3. The third kappa shape index (κ3) is 55.4. The normalized spacial score (nSPS) is 12.8. The summed E-state index contributed by atoms with van der Waals surface area (Å²) in [6.07, 6.45) is 74.8. The Balaban J connectivity index is 3.53. The molecule has 2 atom stereocenters. The molecule has 0 aromatic heterocycles. The van der Waals surface area contributed by atoms with Crippen molar-refractivity contribution in [1.29, 1.82) is 0 Å². The van der Waals surface area contributed by atoms with E-state index in [4.69, 9.17) is 4.74 Å². The monoisotopic (exact) mass is 984 g/mol. The SMILES string of the molecule is CCCCCCCC/C=C\CCCCCCCCCCCC(=O)OCCCCCC/C=C\CCCC(=O)NC(CO)C(O)/C=C/CCCCCCCCCCCCCCCCCCCCCCCCC. The largest absolute Gasteiger partial charge is 0.466 e. The topological polar surface area (TPSA) is 95.9 Å². The number of unbranched alkanes of at least 4 members (excludes halogenated alkanes) is 43. The molecule has 412 valence electrons. The predicted molar refractivity (Wildman–Crippen MR) is 306 cm³/mol. The maximum atomic E-state index is 12.5. The molecular formula is C64H121NO5. The molecule has 0 aliphatic rings. The van der Waals surface area contributed by atoms with E-state index >= 15 is 0 Å². The van der Waals surface area contributed by atoms with Crippen LogP contribution in [0.4, 0.5) is 0 Å². The highest BCUT2D eigenvalue weighted by Gasteiger charge is 2.18. The summed E-state index contributed by atoms with van der Waals surface area (Å²) in [4.78, 5) is 24.6. The highest BCUT2D eigenvalue weighted by atomic mass is 16.5. The molecule has 2 unspecified atom stereocenters. The van der Waals surface area contributed by atoms with Crippen molar-refractivity contribution in [1.82, 2.24) is 5.32 Å². The Bertz CT molecular complexity index is 1130. The van der Waals surface area contributed by atoms with Crippen LogP contribution >= 0.6 is 0 Å². The molecule has 6 heteroatoms. The molecule has 0 saturated carbocycles. The van der Waals surface area contributed by atoms with Crippen molar-refractivity contribution in [2.75, 3.05) is 13.2 Å². The van der Waals surface area contributed by atoms with Gasteiger partial charge in [0.2, 0.25) is 5.91 Å². The quantitative estimate of drug-likeness (QED) is 0.0321. The van der Waals surface area contributed by atoms with Crippen molar-refractivity contribution < 1.29 is 24.5 Å². The molecule has 70 heavy (non-hydrogen) atoms. The molecule has 0 aliphatic heterocycles. The molecule has 3 N–H and O–H groups in total. The highest BCUT2D eigenvalue weighted by molar-refractivity contribution is 5.76. The van der Waals surface area contributed by atoms with Crippen molar-refractivity contribution >= 4 is 11.9 Å². The lowest BCUT2D eigenvalue weighted by atomic mass is 10.0. The van der Waals surface area contributed by atoms with Gasteiger partial charge in [-0.05, 0) is 77.0 Å². The number of hydrogen-bond donors (Lipinski definition) is 3. The summed E-state index contributed by atoms with van der Waals surface area (Å²) < 4.78 is 5.46. The van der Waals surface area contributed by atoms with Crippen LogP contribution in [0.1, 0.15) is 335 Å². The van der Waals surface area contributed by atoms with Crippen LogP contribution in [0.2, 0.25) is 0 Å². The lowest BCUT2D eigenvalue weighted by Crippen LogP contribution is -2.45. The Morgan fingerprint density at radius 1 is 0.386 bits per heavy atom. The molecule has 0 saturated heterocycles. The van der Waals surface area contributed by atoms with Gasteiger partial charge in [-0.1, -0.05) is 281 Å². The highest BCUT2D eigenvalue weighted by Crippen LogP contribution is 2.17. The lowest BCUT2D eigenvalue weighted by molar-refractivity contribution is -0.143. The number of hydrogen-bond acceptors (Lipinski definition) is 5. The second-order valence-electron chi connectivity index (χ2n) is 21.4. The summed E-state index contributed by atoms with van der Waals surface area (Å²) in [5.41, 5.74) is 0. The van der Waals surface area contributed by atoms with Crippen LogP contribution in [0.25, 0.3) is 0 Å². The van der Waals surface area contributed by atoms with E-state index in [1.165, 1.54) is 238 Å². The molecule has 0 rings (SSSR count). The number of rotatable bonds is 58. The van der Waals surface area contributed by atoms with Crippen molar-refractivity contribution in [3.63, 3.8) is 0 Å². The van der Waals surface area contributed by atoms with Crippen molar-refractivity contribution in [2.45, 2.75) is 347 Å². The number of allylic oxidation sites excluding steroid dienone is 5. The first-order chi connectivity index (χ1) is 34.5. The Labute approximate surface area is 436 Å². The van der Waals surface area contributed by atoms with E-state index < -0.39 is 12.1 Å². The van der Waals surface area contributed by atoms with E-state index in [2.05, 4.69) is 43.5 Å². The summed E-state index contributed by atoms with van der Waals surface area (Å²) in [6.45, 7) is 4.83. The van der Waals surface area contributed by atoms with Crippen LogP contribution in [0.15, 0.2) is 36.5 Å². The van der Waals surface area contributed by atoms with Gasteiger partial charge in [-0.15, -0.1) is 0 Å². The van der Waals surface area contributed by atoms with E-state index in [0.717, 1.165) is 70.6 Å². The van der Waals surface area contributed by atoms with Crippen LogP contribution < -0.4 is 5.32 Å². The molecule has 6 nitrogen and oxygen atoms in total. The molecule has 0 bridgehead atoms. The maximum Gasteiger partial charge on any atom is 0.305 e. The number of nitrogens with one attached hydrogen (secondary N) is 1. The van der Waals surface area contributed by atoms with E-state index in [1.807, 2.05) is 6.08 Å².